The molecule has 54 heavy (non-hydrogen) atoms. The summed E-state index contributed by atoms with van der Waals surface area (Å²) in [6, 6.07) is 3.60. The molecule has 0 saturated heterocycles. The molecule has 0 radical (unpaired) electrons. The summed E-state index contributed by atoms with van der Waals surface area (Å²) in [6.07, 6.45) is 52.8. The van der Waals surface area contributed by atoms with Crippen LogP contribution >= 0.6 is 0 Å². The first-order chi connectivity index (χ1) is 26.6. The Morgan fingerprint density at radius 3 is 0.741 bits per heavy atom. The van der Waals surface area contributed by atoms with E-state index in [0.717, 1.165) is 95.2 Å². The zero-order valence-corrected chi connectivity index (χ0v) is 36.2. The van der Waals surface area contributed by atoms with Gasteiger partial charge < -0.3 is 9.80 Å². The molecule has 9 saturated carbocycles. The number of hydrogen-bond acceptors (Lipinski definition) is 2. The van der Waals surface area contributed by atoms with Crippen molar-refractivity contribution in [2.75, 3.05) is 14.1 Å². The van der Waals surface area contributed by atoms with E-state index in [9.17, 15) is 0 Å². The number of fused-ring (bicyclic) bond motifs is 2. The molecule has 308 valence electrons. The van der Waals surface area contributed by atoms with Crippen molar-refractivity contribution in [1.82, 2.24) is 9.80 Å². The molecule has 2 heteroatoms. The van der Waals surface area contributed by atoms with Gasteiger partial charge in [-0.25, -0.2) is 0 Å². The monoisotopic (exact) mass is 743 g/mol. The maximum atomic E-state index is 2.87. The molecular weight excluding hydrogens is 653 g/mol. The van der Waals surface area contributed by atoms with E-state index in [4.69, 9.17) is 0 Å². The highest BCUT2D eigenvalue weighted by molar-refractivity contribution is 5.04. The smallest absolute Gasteiger partial charge is 0.00953 e. The Bertz CT molecular complexity index is 993. The minimum atomic E-state index is 0.899. The third kappa shape index (κ3) is 8.49. The largest absolute Gasteiger partial charge is 0.300 e. The molecule has 0 aromatic carbocycles. The van der Waals surface area contributed by atoms with Gasteiger partial charge in [0.05, 0.1) is 0 Å². The Labute approximate surface area is 336 Å². The second-order valence-corrected chi connectivity index (χ2v) is 22.8. The highest BCUT2D eigenvalue weighted by Gasteiger charge is 2.55. The van der Waals surface area contributed by atoms with E-state index in [0.29, 0.717) is 0 Å². The summed E-state index contributed by atoms with van der Waals surface area (Å²) >= 11 is 0. The van der Waals surface area contributed by atoms with E-state index in [2.05, 4.69) is 23.9 Å². The van der Waals surface area contributed by atoms with Crippen LogP contribution in [0.1, 0.15) is 218 Å². The molecule has 0 spiro atoms. The predicted octanol–water partition coefficient (Wildman–Crippen LogP) is 14.1. The molecule has 4 atom stereocenters. The molecule has 0 bridgehead atoms. The molecule has 2 nitrogen and oxygen atoms in total. The highest BCUT2D eigenvalue weighted by Crippen LogP contribution is 2.63. The van der Waals surface area contributed by atoms with Gasteiger partial charge >= 0.3 is 0 Å². The molecule has 0 heterocycles. The van der Waals surface area contributed by atoms with Crippen molar-refractivity contribution in [2.24, 2.45) is 71.0 Å². The second-order valence-electron chi connectivity index (χ2n) is 22.8. The van der Waals surface area contributed by atoms with E-state index in [-0.39, 0.29) is 0 Å². The van der Waals surface area contributed by atoms with Crippen molar-refractivity contribution in [3.05, 3.63) is 0 Å². The quantitative estimate of drug-likeness (QED) is 0.244. The van der Waals surface area contributed by atoms with E-state index in [1.807, 2.05) is 0 Å². The Balaban J connectivity index is 0.783. The van der Waals surface area contributed by atoms with Crippen LogP contribution < -0.4 is 0 Å². The van der Waals surface area contributed by atoms with E-state index < -0.39 is 0 Å². The van der Waals surface area contributed by atoms with Gasteiger partial charge in [0.1, 0.15) is 0 Å². The first-order valence-electron chi connectivity index (χ1n) is 26.1. The molecular formula is C52H90N2. The molecule has 0 aliphatic heterocycles. The van der Waals surface area contributed by atoms with Gasteiger partial charge in [-0.05, 0) is 239 Å². The number of rotatable bonds is 8. The van der Waals surface area contributed by atoms with Gasteiger partial charge in [-0.2, -0.15) is 0 Å². The van der Waals surface area contributed by atoms with Gasteiger partial charge in [0.15, 0.2) is 0 Å². The van der Waals surface area contributed by atoms with Crippen LogP contribution in [0.5, 0.6) is 0 Å². The fraction of sp³-hybridized carbons (Fsp3) is 1.00. The summed E-state index contributed by atoms with van der Waals surface area (Å²) in [5.41, 5.74) is 0. The van der Waals surface area contributed by atoms with Crippen molar-refractivity contribution in [1.29, 1.82) is 0 Å². The molecule has 4 unspecified atom stereocenters. The molecule has 9 aliphatic rings. The maximum Gasteiger partial charge on any atom is 0.00953 e. The lowest BCUT2D eigenvalue weighted by Gasteiger charge is -2.60. The lowest BCUT2D eigenvalue weighted by molar-refractivity contribution is -0.116. The second kappa shape index (κ2) is 18.5. The van der Waals surface area contributed by atoms with Crippen molar-refractivity contribution in [2.45, 2.75) is 242 Å². The topological polar surface area (TPSA) is 6.48 Å². The predicted molar refractivity (Wildman–Crippen MR) is 230 cm³/mol. The van der Waals surface area contributed by atoms with E-state index in [1.165, 1.54) is 89.9 Å². The van der Waals surface area contributed by atoms with Crippen molar-refractivity contribution in [3.8, 4) is 0 Å². The maximum absolute atomic E-state index is 2.87. The zero-order chi connectivity index (χ0) is 36.4. The highest BCUT2D eigenvalue weighted by atomic mass is 15.2. The van der Waals surface area contributed by atoms with Gasteiger partial charge in [0, 0.05) is 24.2 Å². The molecule has 9 fully saturated rings. The Morgan fingerprint density at radius 2 is 0.444 bits per heavy atom. The minimum Gasteiger partial charge on any atom is -0.300 e. The lowest BCUT2D eigenvalue weighted by atomic mass is 9.45. The first-order valence-corrected chi connectivity index (χ1v) is 26.1. The van der Waals surface area contributed by atoms with E-state index >= 15 is 0 Å². The Kier molecular flexibility index (Phi) is 13.5. The number of nitrogens with zero attached hydrogens (tertiary/aromatic N) is 2. The first kappa shape index (κ1) is 39.4. The summed E-state index contributed by atoms with van der Waals surface area (Å²) in [7, 11) is 5.01. The third-order valence-corrected chi connectivity index (χ3v) is 20.7. The SMILES string of the molecule is CN(C1CCCCC1)C1CCC(C2CCC(C3C4CCCCC4C(C4CCC(C5CCC(N(C)C6CCCCC6)CC5)CC4)C4CCCCC43)CC2)CC1. The molecule has 0 aromatic rings. The third-order valence-electron chi connectivity index (χ3n) is 20.7. The van der Waals surface area contributed by atoms with Gasteiger partial charge in [-0.1, -0.05) is 64.2 Å². The van der Waals surface area contributed by atoms with Gasteiger partial charge in [0.25, 0.3) is 0 Å². The van der Waals surface area contributed by atoms with Crippen LogP contribution in [-0.2, 0) is 0 Å². The molecule has 9 aliphatic carbocycles. The van der Waals surface area contributed by atoms with Gasteiger partial charge in [-0.15, -0.1) is 0 Å². The average Bonchev–Trinajstić information content (AvgIpc) is 3.26. The van der Waals surface area contributed by atoms with Crippen LogP contribution in [0.15, 0.2) is 0 Å². The fourth-order valence-corrected chi connectivity index (χ4v) is 17.9. The Morgan fingerprint density at radius 1 is 0.222 bits per heavy atom. The lowest BCUT2D eigenvalue weighted by Crippen LogP contribution is -2.53. The molecule has 0 aromatic heterocycles. The van der Waals surface area contributed by atoms with Crippen LogP contribution in [0.2, 0.25) is 0 Å². The number of hydrogen-bond donors (Lipinski definition) is 0. The molecule has 9 rings (SSSR count). The van der Waals surface area contributed by atoms with Crippen LogP contribution in [0.3, 0.4) is 0 Å². The Hall–Kier alpha value is -0.0800. The van der Waals surface area contributed by atoms with Crippen LogP contribution in [0.25, 0.3) is 0 Å². The van der Waals surface area contributed by atoms with Crippen molar-refractivity contribution < 1.29 is 0 Å². The summed E-state index contributed by atoms with van der Waals surface area (Å²) < 4.78 is 0. The van der Waals surface area contributed by atoms with Crippen molar-refractivity contribution >= 4 is 0 Å². The average molecular weight is 743 g/mol. The standard InChI is InChI=1S/C52H90N2/c1-53(43-13-5-3-6-14-43)45-33-29-39(30-34-45)37-21-25-41(26-22-37)51-47-17-9-11-19-49(47)52(50-20-12-10-18-48(50)51)42-27-23-38(24-28-42)40-31-35-46(36-32-40)54(2)44-15-7-4-8-16-44/h37-52H,3-36H2,1-2H3. The summed E-state index contributed by atoms with van der Waals surface area (Å²) in [5.74, 6) is 13.2. The molecule has 0 N–H and O–H groups in total. The normalized spacial score (nSPS) is 46.2. The van der Waals surface area contributed by atoms with Crippen molar-refractivity contribution in [3.63, 3.8) is 0 Å². The van der Waals surface area contributed by atoms with Crippen LogP contribution in [0, 0.1) is 71.0 Å². The summed E-state index contributed by atoms with van der Waals surface area (Å²) in [5, 5.41) is 0. The van der Waals surface area contributed by atoms with Crippen LogP contribution in [0.4, 0.5) is 0 Å². The minimum absolute atomic E-state index is 0.899. The zero-order valence-electron chi connectivity index (χ0n) is 36.2. The summed E-state index contributed by atoms with van der Waals surface area (Å²) in [6.45, 7) is 0. The van der Waals surface area contributed by atoms with Gasteiger partial charge in [-0.3, -0.25) is 0 Å². The fourth-order valence-electron chi connectivity index (χ4n) is 17.9. The van der Waals surface area contributed by atoms with E-state index in [1.54, 1.807) is 128 Å². The van der Waals surface area contributed by atoms with Crippen LogP contribution in [-0.4, -0.2) is 48.1 Å². The van der Waals surface area contributed by atoms with Gasteiger partial charge in [0.2, 0.25) is 0 Å². The molecule has 0 amide bonds. The summed E-state index contributed by atoms with van der Waals surface area (Å²) in [4.78, 5) is 5.75.